The van der Waals surface area contributed by atoms with Crippen molar-refractivity contribution in [1.29, 1.82) is 5.26 Å². The summed E-state index contributed by atoms with van der Waals surface area (Å²) in [6, 6.07) is 2.44. The molecule has 2 rings (SSSR count). The summed E-state index contributed by atoms with van der Waals surface area (Å²) in [4.78, 5) is 4.05. The number of hydrogen-bond donors (Lipinski definition) is 1. The largest absolute Gasteiger partial charge is 0.440 e. The van der Waals surface area contributed by atoms with Crippen LogP contribution in [-0.4, -0.2) is 22.8 Å². The van der Waals surface area contributed by atoms with Crippen molar-refractivity contribution in [1.82, 2.24) is 10.3 Å². The Hall–Kier alpha value is -0.990. The lowest BCUT2D eigenvalue weighted by atomic mass is 9.98. The molecular formula is C11H15N3OS. The van der Waals surface area contributed by atoms with Gasteiger partial charge in [-0.1, -0.05) is 18.7 Å². The highest BCUT2D eigenvalue weighted by atomic mass is 32.2. The summed E-state index contributed by atoms with van der Waals surface area (Å²) in [5, 5.41) is 13.3. The van der Waals surface area contributed by atoms with Gasteiger partial charge in [0.15, 0.2) is 0 Å². The second-order valence-corrected chi connectivity index (χ2v) is 4.90. The van der Waals surface area contributed by atoms with Crippen LogP contribution in [0.25, 0.3) is 0 Å². The molecule has 16 heavy (non-hydrogen) atoms. The number of thioether (sulfide) groups is 1. The highest BCUT2D eigenvalue weighted by molar-refractivity contribution is 7.99. The predicted octanol–water partition coefficient (Wildman–Crippen LogP) is 2.05. The summed E-state index contributed by atoms with van der Waals surface area (Å²) in [5.74, 6) is 1.18. The van der Waals surface area contributed by atoms with E-state index in [1.807, 2.05) is 6.92 Å². The Labute approximate surface area is 99.4 Å². The van der Waals surface area contributed by atoms with Gasteiger partial charge in [-0.15, -0.1) is 0 Å². The summed E-state index contributed by atoms with van der Waals surface area (Å²) in [6.45, 7) is 2.85. The number of aromatic nitrogens is 1. The lowest BCUT2D eigenvalue weighted by Crippen LogP contribution is -2.48. The van der Waals surface area contributed by atoms with Crippen LogP contribution in [0.2, 0.25) is 0 Å². The molecule has 0 amide bonds. The average Bonchev–Trinajstić information content (AvgIpc) is 3.03. The second kappa shape index (κ2) is 4.89. The summed E-state index contributed by atoms with van der Waals surface area (Å²) < 4.78 is 5.17. The Balaban J connectivity index is 1.99. The molecule has 0 bridgehead atoms. The molecule has 0 spiro atoms. The van der Waals surface area contributed by atoms with Crippen LogP contribution in [0.15, 0.2) is 22.1 Å². The monoisotopic (exact) mass is 237 g/mol. The van der Waals surface area contributed by atoms with Crippen LogP contribution in [0.3, 0.4) is 0 Å². The number of oxazole rings is 1. The van der Waals surface area contributed by atoms with Gasteiger partial charge in [0.05, 0.1) is 12.3 Å². The van der Waals surface area contributed by atoms with Crippen LogP contribution in [0.5, 0.6) is 0 Å². The van der Waals surface area contributed by atoms with E-state index in [2.05, 4.69) is 16.4 Å². The molecule has 1 unspecified atom stereocenters. The van der Waals surface area contributed by atoms with Gasteiger partial charge >= 0.3 is 0 Å². The second-order valence-electron chi connectivity index (χ2n) is 3.97. The number of nitriles is 1. The van der Waals surface area contributed by atoms with Gasteiger partial charge in [-0.3, -0.25) is 5.32 Å². The fourth-order valence-corrected chi connectivity index (χ4v) is 2.84. The normalized spacial score (nSPS) is 19.0. The molecule has 86 valence electrons. The third-order valence-electron chi connectivity index (χ3n) is 2.80. The minimum Gasteiger partial charge on any atom is -0.440 e. The fraction of sp³-hybridized carbons (Fsp3) is 0.636. The average molecular weight is 237 g/mol. The Bertz CT molecular complexity index is 369. The molecule has 1 heterocycles. The van der Waals surface area contributed by atoms with Gasteiger partial charge < -0.3 is 4.42 Å². The first-order valence-electron chi connectivity index (χ1n) is 5.49. The van der Waals surface area contributed by atoms with Gasteiger partial charge in [0.25, 0.3) is 5.22 Å². The van der Waals surface area contributed by atoms with Crippen molar-refractivity contribution in [3.63, 3.8) is 0 Å². The third kappa shape index (κ3) is 2.39. The van der Waals surface area contributed by atoms with Crippen molar-refractivity contribution in [2.24, 2.45) is 5.92 Å². The highest BCUT2D eigenvalue weighted by Gasteiger charge is 2.45. The first-order valence-corrected chi connectivity index (χ1v) is 6.48. The molecule has 1 fully saturated rings. The molecule has 1 aliphatic rings. The molecule has 1 atom stereocenters. The molecule has 0 saturated heterocycles. The molecule has 1 aliphatic carbocycles. The van der Waals surface area contributed by atoms with E-state index in [0.29, 0.717) is 16.9 Å². The van der Waals surface area contributed by atoms with Crippen LogP contribution >= 0.6 is 11.8 Å². The molecule has 5 heteroatoms. The molecule has 4 nitrogen and oxygen atoms in total. The number of hydrogen-bond acceptors (Lipinski definition) is 5. The van der Waals surface area contributed by atoms with Crippen molar-refractivity contribution in [3.05, 3.63) is 12.5 Å². The summed E-state index contributed by atoms with van der Waals surface area (Å²) >= 11 is 1.50. The highest BCUT2D eigenvalue weighted by Crippen LogP contribution is 2.41. The topological polar surface area (TPSA) is 61.9 Å². The van der Waals surface area contributed by atoms with Gasteiger partial charge in [0, 0.05) is 5.75 Å². The van der Waals surface area contributed by atoms with E-state index < -0.39 is 5.54 Å². The first kappa shape index (κ1) is 11.5. The van der Waals surface area contributed by atoms with Gasteiger partial charge in [0.1, 0.15) is 11.8 Å². The lowest BCUT2D eigenvalue weighted by Gasteiger charge is -2.26. The zero-order chi connectivity index (χ0) is 11.4. The maximum absolute atomic E-state index is 9.37. The Morgan fingerprint density at radius 3 is 3.06 bits per heavy atom. The van der Waals surface area contributed by atoms with Gasteiger partial charge in [-0.25, -0.2) is 4.98 Å². The number of rotatable bonds is 6. The zero-order valence-electron chi connectivity index (χ0n) is 9.27. The quantitative estimate of drug-likeness (QED) is 0.767. The number of nitrogens with one attached hydrogen (secondary N) is 1. The van der Waals surface area contributed by atoms with Crippen molar-refractivity contribution < 1.29 is 4.42 Å². The minimum absolute atomic E-state index is 0.409. The molecule has 1 N–H and O–H groups in total. The van der Waals surface area contributed by atoms with Crippen molar-refractivity contribution >= 4 is 11.8 Å². The van der Waals surface area contributed by atoms with E-state index in [4.69, 9.17) is 4.42 Å². The minimum atomic E-state index is -0.409. The van der Waals surface area contributed by atoms with Crippen LogP contribution in [0.1, 0.15) is 19.8 Å². The fourth-order valence-electron chi connectivity index (χ4n) is 1.83. The Kier molecular flexibility index (Phi) is 3.52. The van der Waals surface area contributed by atoms with E-state index in [0.717, 1.165) is 19.4 Å². The molecular weight excluding hydrogens is 222 g/mol. The zero-order valence-corrected chi connectivity index (χ0v) is 10.1. The van der Waals surface area contributed by atoms with E-state index >= 15 is 0 Å². The SMILES string of the molecule is CCNC(C#N)(CSc1ncco1)C1CC1. The standard InChI is InChI=1S/C11H15N3OS/c1-2-14-11(7-12,9-3-4-9)8-16-10-13-5-6-15-10/h5-6,9,14H,2-4,8H2,1H3. The predicted molar refractivity (Wildman–Crippen MR) is 62.0 cm³/mol. The summed E-state index contributed by atoms with van der Waals surface area (Å²) in [6.07, 6.45) is 5.47. The Morgan fingerprint density at radius 1 is 1.75 bits per heavy atom. The third-order valence-corrected chi connectivity index (χ3v) is 3.85. The van der Waals surface area contributed by atoms with Gasteiger partial charge in [0.2, 0.25) is 0 Å². The van der Waals surface area contributed by atoms with Crippen LogP contribution in [0, 0.1) is 17.2 Å². The maximum atomic E-state index is 9.37. The molecule has 0 radical (unpaired) electrons. The van der Waals surface area contributed by atoms with Gasteiger partial charge in [-0.05, 0) is 25.3 Å². The van der Waals surface area contributed by atoms with Crippen molar-refractivity contribution in [2.75, 3.05) is 12.3 Å². The Morgan fingerprint density at radius 2 is 2.56 bits per heavy atom. The van der Waals surface area contributed by atoms with E-state index in [1.54, 1.807) is 12.5 Å². The van der Waals surface area contributed by atoms with Crippen LogP contribution in [-0.2, 0) is 0 Å². The smallest absolute Gasteiger partial charge is 0.255 e. The van der Waals surface area contributed by atoms with E-state index in [9.17, 15) is 5.26 Å². The van der Waals surface area contributed by atoms with E-state index in [1.165, 1.54) is 11.8 Å². The molecule has 1 aromatic rings. The van der Waals surface area contributed by atoms with E-state index in [-0.39, 0.29) is 0 Å². The maximum Gasteiger partial charge on any atom is 0.255 e. The molecule has 0 aliphatic heterocycles. The summed E-state index contributed by atoms with van der Waals surface area (Å²) in [7, 11) is 0. The lowest BCUT2D eigenvalue weighted by molar-refractivity contribution is 0.411. The summed E-state index contributed by atoms with van der Waals surface area (Å²) in [5.41, 5.74) is -0.409. The first-order chi connectivity index (χ1) is 7.80. The molecule has 1 aromatic heterocycles. The van der Waals surface area contributed by atoms with Crippen molar-refractivity contribution in [2.45, 2.75) is 30.5 Å². The van der Waals surface area contributed by atoms with Crippen molar-refractivity contribution in [3.8, 4) is 6.07 Å². The molecule has 1 saturated carbocycles. The van der Waals surface area contributed by atoms with Crippen LogP contribution in [0.4, 0.5) is 0 Å². The van der Waals surface area contributed by atoms with Gasteiger partial charge in [-0.2, -0.15) is 5.26 Å². The number of nitrogens with zero attached hydrogens (tertiary/aromatic N) is 2. The molecule has 0 aromatic carbocycles. The van der Waals surface area contributed by atoms with Crippen LogP contribution < -0.4 is 5.32 Å².